The smallest absolute Gasteiger partial charge is 0.364 e. The lowest BCUT2D eigenvalue weighted by Gasteiger charge is -2.24. The Morgan fingerprint density at radius 1 is 1.31 bits per heavy atom. The summed E-state index contributed by atoms with van der Waals surface area (Å²) in [5.41, 5.74) is 10.3. The van der Waals surface area contributed by atoms with E-state index in [-0.39, 0.29) is 26.3 Å². The van der Waals surface area contributed by atoms with E-state index in [9.17, 15) is 4.79 Å². The quantitative estimate of drug-likeness (QED) is 0.434. The molecule has 13 heavy (non-hydrogen) atoms. The zero-order valence-corrected chi connectivity index (χ0v) is 7.66. The Labute approximate surface area is 76.8 Å². The summed E-state index contributed by atoms with van der Waals surface area (Å²) in [7, 11) is 0. The number of nitrogens with two attached hydrogens (primary N) is 2. The Hall–Kier alpha value is -0.690. The van der Waals surface area contributed by atoms with Crippen LogP contribution < -0.4 is 11.5 Å². The van der Waals surface area contributed by atoms with E-state index in [4.69, 9.17) is 26.0 Å². The van der Waals surface area contributed by atoms with Crippen molar-refractivity contribution in [2.75, 3.05) is 26.3 Å². The van der Waals surface area contributed by atoms with E-state index >= 15 is 0 Å². The molecule has 0 aromatic rings. The van der Waals surface area contributed by atoms with Gasteiger partial charge in [-0.15, -0.1) is 0 Å². The summed E-state index contributed by atoms with van der Waals surface area (Å²) < 4.78 is 9.88. The van der Waals surface area contributed by atoms with Crippen LogP contribution >= 0.6 is 0 Å². The zero-order valence-electron chi connectivity index (χ0n) is 7.66. The van der Waals surface area contributed by atoms with E-state index in [1.54, 1.807) is 0 Å². The molecule has 0 saturated carbocycles. The van der Waals surface area contributed by atoms with E-state index in [2.05, 4.69) is 0 Å². The summed E-state index contributed by atoms with van der Waals surface area (Å²) in [5.74, 6) is -2.83. The molecule has 0 saturated heterocycles. The Kier molecular flexibility index (Phi) is 5.56. The van der Waals surface area contributed by atoms with Crippen LogP contribution in [0.4, 0.5) is 0 Å². The van der Waals surface area contributed by atoms with Crippen LogP contribution in [0.25, 0.3) is 0 Å². The Balaban J connectivity index is 4.08. The van der Waals surface area contributed by atoms with Crippen molar-refractivity contribution in [2.45, 2.75) is 12.7 Å². The predicted molar refractivity (Wildman–Crippen MR) is 46.1 cm³/mol. The second-order valence-corrected chi connectivity index (χ2v) is 2.53. The largest absolute Gasteiger partial charge is 0.477 e. The van der Waals surface area contributed by atoms with Crippen LogP contribution in [0.5, 0.6) is 0 Å². The van der Waals surface area contributed by atoms with Gasteiger partial charge in [0.05, 0.1) is 13.2 Å². The molecule has 0 spiro atoms. The van der Waals surface area contributed by atoms with Crippen LogP contribution in [0.2, 0.25) is 0 Å². The minimum atomic E-state index is -1.64. The normalized spacial score (nSPS) is 11.6. The fraction of sp³-hybridized carbons (Fsp3) is 0.857. The second-order valence-electron chi connectivity index (χ2n) is 2.53. The van der Waals surface area contributed by atoms with Gasteiger partial charge in [0.25, 0.3) is 5.79 Å². The van der Waals surface area contributed by atoms with Crippen LogP contribution in [-0.4, -0.2) is 43.2 Å². The molecule has 0 aliphatic heterocycles. The van der Waals surface area contributed by atoms with Crippen molar-refractivity contribution in [1.82, 2.24) is 0 Å². The number of aliphatic carboxylic acids is 1. The number of hydrogen-bond acceptors (Lipinski definition) is 5. The molecule has 0 aliphatic carbocycles. The molecular formula is C7H16N2O4. The summed E-state index contributed by atoms with van der Waals surface area (Å²) in [4.78, 5) is 10.7. The third-order valence-corrected chi connectivity index (χ3v) is 1.38. The van der Waals surface area contributed by atoms with Crippen LogP contribution in [-0.2, 0) is 14.3 Å². The summed E-state index contributed by atoms with van der Waals surface area (Å²) in [6.45, 7) is 2.07. The first kappa shape index (κ1) is 12.3. The maximum atomic E-state index is 10.7. The first-order chi connectivity index (χ1) is 6.06. The van der Waals surface area contributed by atoms with Crippen molar-refractivity contribution in [2.24, 2.45) is 11.5 Å². The highest BCUT2D eigenvalue weighted by Crippen LogP contribution is 2.11. The van der Waals surface area contributed by atoms with Gasteiger partial charge in [-0.2, -0.15) is 0 Å². The van der Waals surface area contributed by atoms with Gasteiger partial charge in [-0.3, -0.25) is 0 Å². The summed E-state index contributed by atoms with van der Waals surface area (Å²) in [6.07, 6.45) is 0. The van der Waals surface area contributed by atoms with Gasteiger partial charge in [0.15, 0.2) is 0 Å². The second kappa shape index (κ2) is 5.87. The van der Waals surface area contributed by atoms with Crippen LogP contribution in [0.1, 0.15) is 6.92 Å². The monoisotopic (exact) mass is 192 g/mol. The van der Waals surface area contributed by atoms with Crippen molar-refractivity contribution in [1.29, 1.82) is 0 Å². The van der Waals surface area contributed by atoms with E-state index in [0.29, 0.717) is 0 Å². The third-order valence-electron chi connectivity index (χ3n) is 1.38. The van der Waals surface area contributed by atoms with E-state index in [1.165, 1.54) is 6.92 Å². The highest BCUT2D eigenvalue weighted by atomic mass is 16.7. The molecule has 0 heterocycles. The molecule has 0 radical (unpaired) electrons. The lowest BCUT2D eigenvalue weighted by molar-refractivity contribution is -0.234. The average Bonchev–Trinajstić information content (AvgIpc) is 2.11. The fourth-order valence-electron chi connectivity index (χ4n) is 0.673. The molecule has 0 aromatic carbocycles. The van der Waals surface area contributed by atoms with Gasteiger partial charge in [0, 0.05) is 20.0 Å². The minimum absolute atomic E-state index is 0.132. The van der Waals surface area contributed by atoms with Crippen LogP contribution in [0, 0.1) is 0 Å². The SMILES string of the molecule is CC(OCCN)(OCCN)C(=O)O. The highest BCUT2D eigenvalue weighted by molar-refractivity contribution is 5.75. The lowest BCUT2D eigenvalue weighted by atomic mass is 10.3. The molecule has 0 unspecified atom stereocenters. The molecule has 5 N–H and O–H groups in total. The standard InChI is InChI=1S/C7H16N2O4/c1-7(6(10)11,12-4-2-8)13-5-3-9/h2-5,8-9H2,1H3,(H,10,11). The minimum Gasteiger partial charge on any atom is -0.477 e. The summed E-state index contributed by atoms with van der Waals surface area (Å²) in [5, 5.41) is 8.75. The molecule has 0 rings (SSSR count). The molecule has 6 heteroatoms. The predicted octanol–water partition coefficient (Wildman–Crippen LogP) is -1.26. The summed E-state index contributed by atoms with van der Waals surface area (Å²) in [6, 6.07) is 0. The molecule has 6 nitrogen and oxygen atoms in total. The number of carboxylic acids is 1. The molecule has 0 aliphatic rings. The van der Waals surface area contributed by atoms with Gasteiger partial charge in [-0.25, -0.2) is 4.79 Å². The molecule has 0 fully saturated rings. The van der Waals surface area contributed by atoms with E-state index < -0.39 is 11.8 Å². The highest BCUT2D eigenvalue weighted by Gasteiger charge is 2.35. The number of ether oxygens (including phenoxy) is 2. The molecule has 0 atom stereocenters. The Morgan fingerprint density at radius 2 is 1.69 bits per heavy atom. The van der Waals surface area contributed by atoms with Crippen molar-refractivity contribution >= 4 is 5.97 Å². The van der Waals surface area contributed by atoms with E-state index in [1.807, 2.05) is 0 Å². The number of carboxylic acid groups (broad SMARTS) is 1. The Bertz CT molecular complexity index is 155. The average molecular weight is 192 g/mol. The van der Waals surface area contributed by atoms with Crippen molar-refractivity contribution in [3.63, 3.8) is 0 Å². The fourth-order valence-corrected chi connectivity index (χ4v) is 0.673. The molecular weight excluding hydrogens is 176 g/mol. The van der Waals surface area contributed by atoms with Gasteiger partial charge in [0.2, 0.25) is 0 Å². The number of rotatable bonds is 7. The number of hydrogen-bond donors (Lipinski definition) is 3. The van der Waals surface area contributed by atoms with Gasteiger partial charge in [0.1, 0.15) is 0 Å². The molecule has 78 valence electrons. The molecule has 0 aromatic heterocycles. The van der Waals surface area contributed by atoms with Gasteiger partial charge >= 0.3 is 5.97 Å². The van der Waals surface area contributed by atoms with Gasteiger partial charge in [-0.1, -0.05) is 0 Å². The molecule has 0 bridgehead atoms. The maximum absolute atomic E-state index is 10.7. The topological polar surface area (TPSA) is 108 Å². The van der Waals surface area contributed by atoms with Gasteiger partial charge in [-0.05, 0) is 0 Å². The molecule has 0 amide bonds. The lowest BCUT2D eigenvalue weighted by Crippen LogP contribution is -2.43. The van der Waals surface area contributed by atoms with Crippen molar-refractivity contribution in [3.05, 3.63) is 0 Å². The number of carbonyl (C=O) groups is 1. The van der Waals surface area contributed by atoms with Crippen molar-refractivity contribution < 1.29 is 19.4 Å². The zero-order chi connectivity index (χ0) is 10.3. The van der Waals surface area contributed by atoms with Crippen molar-refractivity contribution in [3.8, 4) is 0 Å². The van der Waals surface area contributed by atoms with Crippen LogP contribution in [0.15, 0.2) is 0 Å². The first-order valence-corrected chi connectivity index (χ1v) is 3.98. The Morgan fingerprint density at radius 3 is 1.92 bits per heavy atom. The van der Waals surface area contributed by atoms with E-state index in [0.717, 1.165) is 0 Å². The maximum Gasteiger partial charge on any atom is 0.364 e. The van der Waals surface area contributed by atoms with Gasteiger partial charge < -0.3 is 26.0 Å². The summed E-state index contributed by atoms with van der Waals surface area (Å²) >= 11 is 0. The first-order valence-electron chi connectivity index (χ1n) is 3.98. The third kappa shape index (κ3) is 4.18. The van der Waals surface area contributed by atoms with Crippen LogP contribution in [0.3, 0.4) is 0 Å².